The first-order valence-electron chi connectivity index (χ1n) is 5.83. The number of rotatable bonds is 1. The molecule has 3 aliphatic rings. The molecule has 0 unspecified atom stereocenters. The molecule has 0 radical (unpaired) electrons. The summed E-state index contributed by atoms with van der Waals surface area (Å²) in [5.74, 6) is 1.29. The Morgan fingerprint density at radius 3 is 3.20 bits per heavy atom. The van der Waals surface area contributed by atoms with Gasteiger partial charge >= 0.3 is 0 Å². The zero-order valence-corrected chi connectivity index (χ0v) is 9.15. The highest BCUT2D eigenvalue weighted by atomic mass is 16.7. The minimum atomic E-state index is -0.0575. The molecule has 0 N–H and O–H groups in total. The first-order chi connectivity index (χ1) is 7.38. The number of methoxy groups -OCH3 is 1. The Morgan fingerprint density at radius 2 is 2.33 bits per heavy atom. The van der Waals surface area contributed by atoms with Crippen LogP contribution in [0.2, 0.25) is 0 Å². The van der Waals surface area contributed by atoms with E-state index in [0.29, 0.717) is 11.8 Å². The van der Waals surface area contributed by atoms with Gasteiger partial charge in [-0.3, -0.25) is 0 Å². The first kappa shape index (κ1) is 9.82. The Labute approximate surface area is 90.4 Å². The van der Waals surface area contributed by atoms with E-state index >= 15 is 0 Å². The number of allylic oxidation sites excluding steroid dienone is 1. The molecule has 0 saturated carbocycles. The zero-order valence-electron chi connectivity index (χ0n) is 9.15. The normalized spacial score (nSPS) is 44.5. The molecule has 2 saturated heterocycles. The van der Waals surface area contributed by atoms with Crippen LogP contribution in [0, 0.1) is 11.8 Å². The Bertz CT molecular complexity index is 274. The maximum absolute atomic E-state index is 5.89. The lowest BCUT2D eigenvalue weighted by atomic mass is 9.72. The lowest BCUT2D eigenvalue weighted by molar-refractivity contribution is -0.220. The molecule has 84 valence electrons. The van der Waals surface area contributed by atoms with E-state index in [9.17, 15) is 0 Å². The second kappa shape index (κ2) is 3.89. The topological polar surface area (TPSA) is 27.7 Å². The van der Waals surface area contributed by atoms with E-state index in [-0.39, 0.29) is 12.4 Å². The molecule has 2 aliphatic heterocycles. The molecule has 2 fully saturated rings. The van der Waals surface area contributed by atoms with Gasteiger partial charge < -0.3 is 14.2 Å². The summed E-state index contributed by atoms with van der Waals surface area (Å²) >= 11 is 0. The first-order valence-corrected chi connectivity index (χ1v) is 5.83. The second-order valence-corrected chi connectivity index (χ2v) is 4.72. The quantitative estimate of drug-likeness (QED) is 0.617. The van der Waals surface area contributed by atoms with Crippen molar-refractivity contribution in [3.8, 4) is 0 Å². The zero-order chi connectivity index (χ0) is 10.3. The van der Waals surface area contributed by atoms with Crippen LogP contribution in [0.3, 0.4) is 0 Å². The monoisotopic (exact) mass is 210 g/mol. The van der Waals surface area contributed by atoms with Gasteiger partial charge in [0.1, 0.15) is 0 Å². The maximum Gasteiger partial charge on any atom is 0.161 e. The van der Waals surface area contributed by atoms with Gasteiger partial charge in [0, 0.05) is 19.4 Å². The van der Waals surface area contributed by atoms with E-state index in [1.54, 1.807) is 12.7 Å². The Morgan fingerprint density at radius 1 is 1.40 bits per heavy atom. The average Bonchev–Trinajstić information content (AvgIpc) is 2.29. The van der Waals surface area contributed by atoms with Gasteiger partial charge in [0.15, 0.2) is 6.29 Å². The molecule has 0 bridgehead atoms. The summed E-state index contributed by atoms with van der Waals surface area (Å²) in [6.07, 6.45) is 5.98. The van der Waals surface area contributed by atoms with Gasteiger partial charge in [0.05, 0.1) is 19.3 Å². The summed E-state index contributed by atoms with van der Waals surface area (Å²) < 4.78 is 16.8. The van der Waals surface area contributed by atoms with Gasteiger partial charge in [-0.2, -0.15) is 0 Å². The van der Waals surface area contributed by atoms with Crippen molar-refractivity contribution in [3.05, 3.63) is 11.6 Å². The minimum absolute atomic E-state index is 0.0575. The van der Waals surface area contributed by atoms with Crippen molar-refractivity contribution >= 4 is 0 Å². The molecule has 4 atom stereocenters. The Kier molecular flexibility index (Phi) is 2.54. The van der Waals surface area contributed by atoms with Crippen molar-refractivity contribution in [1.29, 1.82) is 0 Å². The summed E-state index contributed by atoms with van der Waals surface area (Å²) in [4.78, 5) is 0. The second-order valence-electron chi connectivity index (χ2n) is 4.72. The predicted molar refractivity (Wildman–Crippen MR) is 55.4 cm³/mol. The Balaban J connectivity index is 1.85. The molecule has 3 rings (SSSR count). The van der Waals surface area contributed by atoms with Crippen LogP contribution >= 0.6 is 0 Å². The van der Waals surface area contributed by atoms with Crippen LogP contribution in [-0.2, 0) is 14.2 Å². The fourth-order valence-corrected chi connectivity index (χ4v) is 3.19. The molecule has 2 heterocycles. The lowest BCUT2D eigenvalue weighted by Crippen LogP contribution is -2.49. The van der Waals surface area contributed by atoms with Crippen LogP contribution in [-0.4, -0.2) is 32.7 Å². The van der Waals surface area contributed by atoms with Crippen molar-refractivity contribution in [2.24, 2.45) is 11.8 Å². The summed E-state index contributed by atoms with van der Waals surface area (Å²) in [5.41, 5.74) is 1.55. The molecule has 15 heavy (non-hydrogen) atoms. The molecular weight excluding hydrogens is 192 g/mol. The maximum atomic E-state index is 5.89. The molecule has 0 aromatic heterocycles. The highest BCUT2D eigenvalue weighted by Crippen LogP contribution is 2.43. The van der Waals surface area contributed by atoms with Crippen LogP contribution in [0.15, 0.2) is 11.6 Å². The molecule has 1 aliphatic carbocycles. The standard InChI is InChI=1S/C12H18O3/c1-13-11-5-8-3-2-4-9-6-14-7-10(15-11)12(8)9/h3,9-12H,2,4-7H2,1H3/t9-,10-,11+,12+/m1/s1. The summed E-state index contributed by atoms with van der Waals surface area (Å²) in [5, 5.41) is 0. The highest BCUT2D eigenvalue weighted by molar-refractivity contribution is 5.17. The van der Waals surface area contributed by atoms with E-state index in [1.165, 1.54) is 12.8 Å². The predicted octanol–water partition coefficient (Wildman–Crippen LogP) is 1.73. The van der Waals surface area contributed by atoms with Gasteiger partial charge in [-0.05, 0) is 18.8 Å². The van der Waals surface area contributed by atoms with E-state index in [1.807, 2.05) is 0 Å². The van der Waals surface area contributed by atoms with Crippen molar-refractivity contribution in [2.45, 2.75) is 31.7 Å². The lowest BCUT2D eigenvalue weighted by Gasteiger charge is -2.46. The van der Waals surface area contributed by atoms with E-state index < -0.39 is 0 Å². The number of hydrogen-bond acceptors (Lipinski definition) is 3. The van der Waals surface area contributed by atoms with Crippen molar-refractivity contribution < 1.29 is 14.2 Å². The van der Waals surface area contributed by atoms with Gasteiger partial charge in [-0.1, -0.05) is 11.6 Å². The molecule has 0 aromatic carbocycles. The highest BCUT2D eigenvalue weighted by Gasteiger charge is 2.43. The SMILES string of the molecule is CO[C@@H]1CC2=CCC[C@@H]3COC[C@@H](O1)[C@@H]23. The van der Waals surface area contributed by atoms with E-state index in [2.05, 4.69) is 6.08 Å². The van der Waals surface area contributed by atoms with Crippen LogP contribution in [0.25, 0.3) is 0 Å². The molecular formula is C12H18O3. The van der Waals surface area contributed by atoms with Crippen molar-refractivity contribution in [2.75, 3.05) is 20.3 Å². The third kappa shape index (κ3) is 1.63. The largest absolute Gasteiger partial charge is 0.378 e. The summed E-state index contributed by atoms with van der Waals surface area (Å²) in [7, 11) is 1.72. The van der Waals surface area contributed by atoms with Gasteiger partial charge in [-0.25, -0.2) is 0 Å². The van der Waals surface area contributed by atoms with E-state index in [0.717, 1.165) is 19.6 Å². The fourth-order valence-electron chi connectivity index (χ4n) is 3.19. The van der Waals surface area contributed by atoms with Crippen molar-refractivity contribution in [3.63, 3.8) is 0 Å². The molecule has 3 heteroatoms. The minimum Gasteiger partial charge on any atom is -0.378 e. The molecule has 3 nitrogen and oxygen atoms in total. The van der Waals surface area contributed by atoms with Gasteiger partial charge in [0.25, 0.3) is 0 Å². The number of ether oxygens (including phenoxy) is 3. The van der Waals surface area contributed by atoms with Crippen LogP contribution < -0.4 is 0 Å². The van der Waals surface area contributed by atoms with Gasteiger partial charge in [-0.15, -0.1) is 0 Å². The molecule has 0 spiro atoms. The molecule has 0 amide bonds. The van der Waals surface area contributed by atoms with Crippen LogP contribution in [0.4, 0.5) is 0 Å². The van der Waals surface area contributed by atoms with Crippen LogP contribution in [0.1, 0.15) is 19.3 Å². The Hall–Kier alpha value is -0.380. The summed E-state index contributed by atoms with van der Waals surface area (Å²) in [6.45, 7) is 1.65. The van der Waals surface area contributed by atoms with Gasteiger partial charge in [0.2, 0.25) is 0 Å². The van der Waals surface area contributed by atoms with Crippen LogP contribution in [0.5, 0.6) is 0 Å². The third-order valence-corrected chi connectivity index (χ3v) is 3.89. The fraction of sp³-hybridized carbons (Fsp3) is 0.833. The smallest absolute Gasteiger partial charge is 0.161 e. The third-order valence-electron chi connectivity index (χ3n) is 3.89. The van der Waals surface area contributed by atoms with E-state index in [4.69, 9.17) is 14.2 Å². The van der Waals surface area contributed by atoms with Crippen molar-refractivity contribution in [1.82, 2.24) is 0 Å². The summed E-state index contributed by atoms with van der Waals surface area (Å²) in [6, 6.07) is 0. The average molecular weight is 210 g/mol. The molecule has 0 aromatic rings. The number of hydrogen-bond donors (Lipinski definition) is 0.